The highest BCUT2D eigenvalue weighted by molar-refractivity contribution is 6.41. The zero-order valence-electron chi connectivity index (χ0n) is 14.2. The van der Waals surface area contributed by atoms with Crippen molar-refractivity contribution in [1.29, 1.82) is 5.26 Å². The van der Waals surface area contributed by atoms with Crippen molar-refractivity contribution >= 4 is 11.5 Å². The van der Waals surface area contributed by atoms with Crippen molar-refractivity contribution in [2.45, 2.75) is 50.8 Å². The Bertz CT molecular complexity index is 776. The number of benzene rings is 1. The van der Waals surface area contributed by atoms with Crippen molar-refractivity contribution in [3.05, 3.63) is 34.9 Å². The summed E-state index contributed by atoms with van der Waals surface area (Å²) in [6, 6.07) is 8.17. The summed E-state index contributed by atoms with van der Waals surface area (Å²) in [5.74, 6) is 0.526. The Labute approximate surface area is 142 Å². The summed E-state index contributed by atoms with van der Waals surface area (Å²) in [6.45, 7) is 1.92. The predicted molar refractivity (Wildman–Crippen MR) is 93.0 cm³/mol. The van der Waals surface area contributed by atoms with Crippen LogP contribution in [0.5, 0.6) is 0 Å². The first-order valence-corrected chi connectivity index (χ1v) is 8.52. The molecule has 0 aromatic heterocycles. The van der Waals surface area contributed by atoms with Crippen molar-refractivity contribution in [2.24, 2.45) is 21.1 Å². The van der Waals surface area contributed by atoms with E-state index in [1.54, 1.807) is 7.11 Å². The van der Waals surface area contributed by atoms with Gasteiger partial charge in [-0.2, -0.15) is 5.26 Å². The summed E-state index contributed by atoms with van der Waals surface area (Å²) in [7, 11) is 1.79. The largest absolute Gasteiger partial charge is 0.382 e. The number of rotatable bonds is 1. The molecule has 4 rings (SSSR count). The topological polar surface area (TPSA) is 83.8 Å². The molecule has 5 nitrogen and oxygen atoms in total. The zero-order chi connectivity index (χ0) is 16.9. The zero-order valence-corrected chi connectivity index (χ0v) is 14.2. The normalized spacial score (nSPS) is 34.1. The van der Waals surface area contributed by atoms with Gasteiger partial charge in [0.2, 0.25) is 0 Å². The molecular formula is C19H22N4O. The Morgan fingerprint density at radius 2 is 2.04 bits per heavy atom. The van der Waals surface area contributed by atoms with E-state index in [0.29, 0.717) is 17.5 Å². The number of nitriles is 1. The fourth-order valence-electron chi connectivity index (χ4n) is 4.74. The van der Waals surface area contributed by atoms with Crippen LogP contribution in [0.4, 0.5) is 0 Å². The van der Waals surface area contributed by atoms with Gasteiger partial charge in [-0.25, -0.2) is 4.99 Å². The maximum absolute atomic E-state index is 9.31. The van der Waals surface area contributed by atoms with Crippen LogP contribution in [-0.4, -0.2) is 24.8 Å². The molecule has 0 amide bonds. The van der Waals surface area contributed by atoms with Gasteiger partial charge in [0.05, 0.1) is 23.4 Å². The van der Waals surface area contributed by atoms with E-state index in [2.05, 4.69) is 12.1 Å². The Hall–Kier alpha value is -2.19. The molecule has 1 aliphatic heterocycles. The molecule has 0 radical (unpaired) electrons. The molecular weight excluding hydrogens is 300 g/mol. The number of nitrogens with zero attached hydrogens (tertiary/aromatic N) is 3. The second-order valence-electron chi connectivity index (χ2n) is 7.24. The number of hydrogen-bond acceptors (Lipinski definition) is 5. The third kappa shape index (κ3) is 1.90. The van der Waals surface area contributed by atoms with Gasteiger partial charge >= 0.3 is 0 Å². The lowest BCUT2D eigenvalue weighted by molar-refractivity contribution is -0.000378. The number of methoxy groups -OCH3 is 1. The molecule has 3 aliphatic rings. The molecule has 2 spiro atoms. The SMILES string of the molecule is COC1CCC2(CC1)Cc1ccc(C#N)cc1C21N=C(C)C(N)=N1. The van der Waals surface area contributed by atoms with Crippen LogP contribution in [0.15, 0.2) is 28.2 Å². The lowest BCUT2D eigenvalue weighted by atomic mass is 9.65. The van der Waals surface area contributed by atoms with Crippen LogP contribution < -0.4 is 5.73 Å². The first-order valence-electron chi connectivity index (χ1n) is 8.52. The summed E-state index contributed by atoms with van der Waals surface area (Å²) in [5.41, 5.74) is 9.21. The number of fused-ring (bicyclic) bond motifs is 3. The van der Waals surface area contributed by atoms with Crippen molar-refractivity contribution in [3.8, 4) is 6.07 Å². The summed E-state index contributed by atoms with van der Waals surface area (Å²) >= 11 is 0. The lowest BCUT2D eigenvalue weighted by Gasteiger charge is -2.44. The predicted octanol–water partition coefficient (Wildman–Crippen LogP) is 2.67. The average molecular weight is 322 g/mol. The first-order chi connectivity index (χ1) is 11.5. The molecule has 1 heterocycles. The number of amidine groups is 1. The van der Waals surface area contributed by atoms with E-state index in [1.807, 2.05) is 19.1 Å². The summed E-state index contributed by atoms with van der Waals surface area (Å²) < 4.78 is 5.56. The maximum Gasteiger partial charge on any atom is 0.184 e. The minimum absolute atomic E-state index is 0.0547. The molecule has 1 unspecified atom stereocenters. The Morgan fingerprint density at radius 1 is 1.29 bits per heavy atom. The fraction of sp³-hybridized carbons (Fsp3) is 0.526. The molecule has 1 fully saturated rings. The van der Waals surface area contributed by atoms with E-state index in [9.17, 15) is 5.26 Å². The van der Waals surface area contributed by atoms with Gasteiger partial charge in [0, 0.05) is 18.1 Å². The van der Waals surface area contributed by atoms with Crippen LogP contribution in [0.3, 0.4) is 0 Å². The molecule has 0 saturated heterocycles. The third-order valence-corrected chi connectivity index (χ3v) is 6.09. The first kappa shape index (κ1) is 15.3. The highest BCUT2D eigenvalue weighted by atomic mass is 16.5. The lowest BCUT2D eigenvalue weighted by Crippen LogP contribution is -2.43. The van der Waals surface area contributed by atoms with Gasteiger partial charge in [-0.05, 0) is 56.7 Å². The van der Waals surface area contributed by atoms with Crippen LogP contribution in [0, 0.1) is 16.7 Å². The molecule has 1 saturated carbocycles. The molecule has 1 atom stereocenters. The third-order valence-electron chi connectivity index (χ3n) is 6.09. The fourth-order valence-corrected chi connectivity index (χ4v) is 4.74. The number of hydrogen-bond donors (Lipinski definition) is 1. The molecule has 5 heteroatoms. The molecule has 2 N–H and O–H groups in total. The minimum atomic E-state index is -0.651. The quantitative estimate of drug-likeness (QED) is 0.862. The van der Waals surface area contributed by atoms with Gasteiger partial charge in [0.25, 0.3) is 0 Å². The van der Waals surface area contributed by atoms with E-state index in [0.717, 1.165) is 43.4 Å². The number of ether oxygens (including phenoxy) is 1. The molecule has 1 aromatic rings. The Morgan fingerprint density at radius 3 is 2.62 bits per heavy atom. The Balaban J connectivity index is 1.87. The van der Waals surface area contributed by atoms with Crippen molar-refractivity contribution < 1.29 is 4.74 Å². The summed E-state index contributed by atoms with van der Waals surface area (Å²) in [4.78, 5) is 9.87. The highest BCUT2D eigenvalue weighted by Gasteiger charge is 2.60. The summed E-state index contributed by atoms with van der Waals surface area (Å²) in [6.07, 6.45) is 5.31. The van der Waals surface area contributed by atoms with Crippen LogP contribution in [-0.2, 0) is 16.8 Å². The molecule has 124 valence electrons. The summed E-state index contributed by atoms with van der Waals surface area (Å²) in [5, 5.41) is 9.31. The van der Waals surface area contributed by atoms with Gasteiger partial charge in [0.15, 0.2) is 5.66 Å². The maximum atomic E-state index is 9.31. The van der Waals surface area contributed by atoms with Crippen molar-refractivity contribution in [1.82, 2.24) is 0 Å². The van der Waals surface area contributed by atoms with Gasteiger partial charge in [-0.3, -0.25) is 4.99 Å². The number of nitrogens with two attached hydrogens (primary N) is 1. The van der Waals surface area contributed by atoms with Crippen LogP contribution in [0.2, 0.25) is 0 Å². The molecule has 2 aliphatic carbocycles. The monoisotopic (exact) mass is 322 g/mol. The van der Waals surface area contributed by atoms with Gasteiger partial charge in [-0.15, -0.1) is 0 Å². The van der Waals surface area contributed by atoms with Gasteiger partial charge in [-0.1, -0.05) is 6.07 Å². The minimum Gasteiger partial charge on any atom is -0.382 e. The van der Waals surface area contributed by atoms with E-state index in [1.165, 1.54) is 5.56 Å². The highest BCUT2D eigenvalue weighted by Crippen LogP contribution is 2.61. The smallest absolute Gasteiger partial charge is 0.184 e. The second kappa shape index (κ2) is 5.15. The molecule has 0 bridgehead atoms. The van der Waals surface area contributed by atoms with Crippen molar-refractivity contribution in [3.63, 3.8) is 0 Å². The van der Waals surface area contributed by atoms with E-state index in [4.69, 9.17) is 20.5 Å². The van der Waals surface area contributed by atoms with E-state index in [-0.39, 0.29) is 5.41 Å². The van der Waals surface area contributed by atoms with Crippen LogP contribution in [0.25, 0.3) is 0 Å². The average Bonchev–Trinajstić information content (AvgIpc) is 3.04. The number of aliphatic imine (C=N–C) groups is 2. The van der Waals surface area contributed by atoms with Gasteiger partial charge in [0.1, 0.15) is 5.84 Å². The van der Waals surface area contributed by atoms with E-state index >= 15 is 0 Å². The Kier molecular flexibility index (Phi) is 3.29. The van der Waals surface area contributed by atoms with Crippen LogP contribution >= 0.6 is 0 Å². The molecule has 24 heavy (non-hydrogen) atoms. The van der Waals surface area contributed by atoms with Crippen LogP contribution in [0.1, 0.15) is 49.3 Å². The molecule has 1 aromatic carbocycles. The second-order valence-corrected chi connectivity index (χ2v) is 7.24. The standard InChI is InChI=1S/C19H22N4O/c1-12-17(21)23-19(22-12)16-9-13(11-20)3-4-14(16)10-18(19)7-5-15(24-2)6-8-18/h3-4,9,15H,5-8,10H2,1-2H3,(H2,21,23). The van der Waals surface area contributed by atoms with Gasteiger partial charge < -0.3 is 10.5 Å². The van der Waals surface area contributed by atoms with E-state index < -0.39 is 5.66 Å². The van der Waals surface area contributed by atoms with Crippen molar-refractivity contribution in [2.75, 3.05) is 7.11 Å².